The van der Waals surface area contributed by atoms with Crippen LogP contribution in [0.5, 0.6) is 0 Å². The molecular weight excluding hydrogens is 273 g/mol. The van der Waals surface area contributed by atoms with Crippen LogP contribution in [0, 0.1) is 12.7 Å². The van der Waals surface area contributed by atoms with Crippen molar-refractivity contribution in [2.24, 2.45) is 0 Å². The van der Waals surface area contributed by atoms with Crippen LogP contribution in [0.4, 0.5) is 10.1 Å². The summed E-state index contributed by atoms with van der Waals surface area (Å²) in [5.74, 6) is -0.0184. The Balaban J connectivity index is 2.26. The Bertz CT molecular complexity index is 628. The third-order valence-electron chi connectivity index (χ3n) is 2.80. The van der Waals surface area contributed by atoms with Crippen LogP contribution in [0.1, 0.15) is 22.8 Å². The van der Waals surface area contributed by atoms with Crippen molar-refractivity contribution in [1.82, 2.24) is 0 Å². The predicted molar refractivity (Wildman–Crippen MR) is 81.9 cm³/mol. The molecular formula is C16H16FNOS. The predicted octanol–water partition coefficient (Wildman–Crippen LogP) is 4.50. The van der Waals surface area contributed by atoms with Crippen molar-refractivity contribution in [2.45, 2.75) is 18.7 Å². The quantitative estimate of drug-likeness (QED) is 0.840. The van der Waals surface area contributed by atoms with E-state index in [9.17, 15) is 9.18 Å². The maximum atomic E-state index is 13.7. The number of rotatable bonds is 4. The zero-order valence-corrected chi connectivity index (χ0v) is 12.3. The topological polar surface area (TPSA) is 29.1 Å². The monoisotopic (exact) mass is 289 g/mol. The second-order valence-corrected chi connectivity index (χ2v) is 5.67. The van der Waals surface area contributed by atoms with Crippen LogP contribution in [0.3, 0.4) is 0 Å². The standard InChI is InChI=1S/C16H16FNOS/c1-3-20-15-7-5-4-6-14(15)18-16(19)12-10-11(2)8-9-13(12)17/h4-10H,3H2,1-2H3,(H,18,19). The number of hydrogen-bond acceptors (Lipinski definition) is 2. The normalized spacial score (nSPS) is 10.3. The van der Waals surface area contributed by atoms with Gasteiger partial charge in [0.15, 0.2) is 0 Å². The lowest BCUT2D eigenvalue weighted by atomic mass is 10.1. The zero-order valence-electron chi connectivity index (χ0n) is 11.4. The molecule has 0 aliphatic rings. The van der Waals surface area contributed by atoms with E-state index in [1.54, 1.807) is 23.9 Å². The molecule has 0 unspecified atom stereocenters. The van der Waals surface area contributed by atoms with Gasteiger partial charge in [0.1, 0.15) is 5.82 Å². The molecule has 1 N–H and O–H groups in total. The second kappa shape index (κ2) is 6.57. The molecule has 0 radical (unpaired) electrons. The first kappa shape index (κ1) is 14.6. The number of halogens is 1. The van der Waals surface area contributed by atoms with E-state index in [4.69, 9.17) is 0 Å². The average molecular weight is 289 g/mol. The number of amides is 1. The van der Waals surface area contributed by atoms with Crippen LogP contribution in [0.2, 0.25) is 0 Å². The van der Waals surface area contributed by atoms with Crippen molar-refractivity contribution in [1.29, 1.82) is 0 Å². The van der Waals surface area contributed by atoms with Gasteiger partial charge in [0.25, 0.3) is 5.91 Å². The van der Waals surface area contributed by atoms with E-state index >= 15 is 0 Å². The first-order valence-electron chi connectivity index (χ1n) is 6.41. The van der Waals surface area contributed by atoms with E-state index in [1.165, 1.54) is 6.07 Å². The van der Waals surface area contributed by atoms with Crippen molar-refractivity contribution < 1.29 is 9.18 Å². The maximum absolute atomic E-state index is 13.7. The van der Waals surface area contributed by atoms with Gasteiger partial charge in [-0.2, -0.15) is 0 Å². The Hall–Kier alpha value is -1.81. The largest absolute Gasteiger partial charge is 0.321 e. The van der Waals surface area contributed by atoms with Gasteiger partial charge in [-0.3, -0.25) is 4.79 Å². The Kier molecular flexibility index (Phi) is 4.79. The smallest absolute Gasteiger partial charge is 0.258 e. The summed E-state index contributed by atoms with van der Waals surface area (Å²) in [7, 11) is 0. The molecule has 104 valence electrons. The molecule has 1 amide bonds. The third kappa shape index (κ3) is 3.39. The molecule has 2 aromatic rings. The van der Waals surface area contributed by atoms with Crippen LogP contribution >= 0.6 is 11.8 Å². The van der Waals surface area contributed by atoms with Crippen molar-refractivity contribution in [2.75, 3.05) is 11.1 Å². The molecule has 2 nitrogen and oxygen atoms in total. The minimum absolute atomic E-state index is 0.0706. The lowest BCUT2D eigenvalue weighted by Crippen LogP contribution is -2.14. The second-order valence-electron chi connectivity index (χ2n) is 4.37. The number of para-hydroxylation sites is 1. The molecule has 2 aromatic carbocycles. The van der Waals surface area contributed by atoms with E-state index in [1.807, 2.05) is 38.1 Å². The number of carbonyl (C=O) groups excluding carboxylic acids is 1. The number of thioether (sulfide) groups is 1. The van der Waals surface area contributed by atoms with E-state index in [2.05, 4.69) is 5.32 Å². The van der Waals surface area contributed by atoms with Gasteiger partial charge in [-0.1, -0.05) is 30.7 Å². The van der Waals surface area contributed by atoms with Gasteiger partial charge in [-0.15, -0.1) is 11.8 Å². The summed E-state index contributed by atoms with van der Waals surface area (Å²) in [6.45, 7) is 3.88. The summed E-state index contributed by atoms with van der Waals surface area (Å²) in [6, 6.07) is 12.0. The summed E-state index contributed by atoms with van der Waals surface area (Å²) in [5.41, 5.74) is 1.64. The fourth-order valence-electron chi connectivity index (χ4n) is 1.85. The Morgan fingerprint density at radius 2 is 2.00 bits per heavy atom. The van der Waals surface area contributed by atoms with Crippen molar-refractivity contribution in [3.63, 3.8) is 0 Å². The average Bonchev–Trinajstić information content (AvgIpc) is 2.44. The summed E-state index contributed by atoms with van der Waals surface area (Å²) >= 11 is 1.64. The molecule has 0 heterocycles. The Morgan fingerprint density at radius 3 is 2.75 bits per heavy atom. The van der Waals surface area contributed by atoms with Gasteiger partial charge in [0, 0.05) is 4.90 Å². The SMILES string of the molecule is CCSc1ccccc1NC(=O)c1cc(C)ccc1F. The van der Waals surface area contributed by atoms with Gasteiger partial charge in [-0.05, 0) is 36.9 Å². The van der Waals surface area contributed by atoms with E-state index < -0.39 is 11.7 Å². The van der Waals surface area contributed by atoms with Crippen molar-refractivity contribution >= 4 is 23.4 Å². The number of carbonyl (C=O) groups is 1. The summed E-state index contributed by atoms with van der Waals surface area (Å²) < 4.78 is 13.7. The summed E-state index contributed by atoms with van der Waals surface area (Å²) in [5, 5.41) is 2.78. The van der Waals surface area contributed by atoms with Crippen LogP contribution in [-0.2, 0) is 0 Å². The molecule has 20 heavy (non-hydrogen) atoms. The highest BCUT2D eigenvalue weighted by atomic mass is 32.2. The Morgan fingerprint density at radius 1 is 1.25 bits per heavy atom. The molecule has 0 bridgehead atoms. The van der Waals surface area contributed by atoms with Crippen molar-refractivity contribution in [3.8, 4) is 0 Å². The number of nitrogens with one attached hydrogen (secondary N) is 1. The lowest BCUT2D eigenvalue weighted by molar-refractivity contribution is 0.102. The molecule has 0 fully saturated rings. The molecule has 2 rings (SSSR count). The van der Waals surface area contributed by atoms with Crippen LogP contribution in [0.25, 0.3) is 0 Å². The van der Waals surface area contributed by atoms with Crippen molar-refractivity contribution in [3.05, 3.63) is 59.4 Å². The molecule has 0 saturated heterocycles. The maximum Gasteiger partial charge on any atom is 0.258 e. The van der Waals surface area contributed by atoms with Crippen LogP contribution in [-0.4, -0.2) is 11.7 Å². The highest BCUT2D eigenvalue weighted by Crippen LogP contribution is 2.27. The zero-order chi connectivity index (χ0) is 14.5. The number of benzene rings is 2. The van der Waals surface area contributed by atoms with Crippen LogP contribution < -0.4 is 5.32 Å². The summed E-state index contributed by atoms with van der Waals surface area (Å²) in [6.07, 6.45) is 0. The van der Waals surface area contributed by atoms with Gasteiger partial charge in [-0.25, -0.2) is 4.39 Å². The summed E-state index contributed by atoms with van der Waals surface area (Å²) in [4.78, 5) is 13.2. The van der Waals surface area contributed by atoms with E-state index in [0.29, 0.717) is 5.69 Å². The molecule has 0 spiro atoms. The molecule has 0 aliphatic carbocycles. The number of aryl methyl sites for hydroxylation is 1. The van der Waals surface area contributed by atoms with Crippen LogP contribution in [0.15, 0.2) is 47.4 Å². The molecule has 4 heteroatoms. The van der Waals surface area contributed by atoms with Gasteiger partial charge in [0.2, 0.25) is 0 Å². The molecule has 0 aromatic heterocycles. The minimum atomic E-state index is -0.506. The lowest BCUT2D eigenvalue weighted by Gasteiger charge is -2.10. The van der Waals surface area contributed by atoms with E-state index in [-0.39, 0.29) is 5.56 Å². The molecule has 0 aliphatic heterocycles. The van der Waals surface area contributed by atoms with Gasteiger partial charge < -0.3 is 5.32 Å². The fraction of sp³-hybridized carbons (Fsp3) is 0.188. The number of anilines is 1. The first-order valence-corrected chi connectivity index (χ1v) is 7.39. The first-order chi connectivity index (χ1) is 9.61. The molecule has 0 saturated carbocycles. The highest BCUT2D eigenvalue weighted by molar-refractivity contribution is 7.99. The molecule has 0 atom stereocenters. The highest BCUT2D eigenvalue weighted by Gasteiger charge is 2.13. The number of hydrogen-bond donors (Lipinski definition) is 1. The minimum Gasteiger partial charge on any atom is -0.321 e. The van der Waals surface area contributed by atoms with E-state index in [0.717, 1.165) is 16.2 Å². The van der Waals surface area contributed by atoms with Gasteiger partial charge in [0.05, 0.1) is 11.3 Å². The fourth-order valence-corrected chi connectivity index (χ4v) is 2.61. The third-order valence-corrected chi connectivity index (χ3v) is 3.76. The van der Waals surface area contributed by atoms with Gasteiger partial charge >= 0.3 is 0 Å². The Labute approximate surface area is 122 Å².